The molecule has 7 heteroatoms. The maximum atomic E-state index is 4.64. The minimum atomic E-state index is 0.529. The number of rotatable bonds is 4. The highest BCUT2D eigenvalue weighted by molar-refractivity contribution is 7.20. The highest BCUT2D eigenvalue weighted by Gasteiger charge is 2.09. The van der Waals surface area contributed by atoms with Crippen LogP contribution in [-0.4, -0.2) is 25.2 Å². The zero-order valence-electron chi connectivity index (χ0n) is 12.4. The molecular weight excluding hydrogens is 326 g/mol. The smallest absolute Gasteiger partial charge is 0.204 e. The van der Waals surface area contributed by atoms with E-state index in [0.29, 0.717) is 12.4 Å². The first kappa shape index (κ1) is 14.2. The van der Waals surface area contributed by atoms with Gasteiger partial charge in [-0.3, -0.25) is 0 Å². The van der Waals surface area contributed by atoms with E-state index in [9.17, 15) is 0 Å². The lowest BCUT2D eigenvalue weighted by atomic mass is 10.1. The summed E-state index contributed by atoms with van der Waals surface area (Å²) in [5.74, 6) is 0.638. The summed E-state index contributed by atoms with van der Waals surface area (Å²) in [6.45, 7) is 2.59. The predicted molar refractivity (Wildman–Crippen MR) is 92.5 cm³/mol. The summed E-state index contributed by atoms with van der Waals surface area (Å²) in [6, 6.07) is 12.2. The molecule has 0 spiro atoms. The fourth-order valence-electron chi connectivity index (χ4n) is 2.17. The topological polar surface area (TPSA) is 56.5 Å². The number of thiazole rings is 1. The van der Waals surface area contributed by atoms with Gasteiger partial charge in [-0.15, -0.1) is 32.9 Å². The number of nitrogens with zero attached hydrogens (tertiary/aromatic N) is 5. The third-order valence-corrected chi connectivity index (χ3v) is 5.28. The first-order valence-electron chi connectivity index (χ1n) is 7.11. The third kappa shape index (κ3) is 3.06. The molecule has 0 aliphatic carbocycles. The average Bonchev–Trinajstić information content (AvgIpc) is 3.29. The van der Waals surface area contributed by atoms with E-state index in [1.165, 1.54) is 10.4 Å². The van der Waals surface area contributed by atoms with Gasteiger partial charge in [0.1, 0.15) is 11.6 Å². The van der Waals surface area contributed by atoms with Gasteiger partial charge in [0.15, 0.2) is 0 Å². The predicted octanol–water partition coefficient (Wildman–Crippen LogP) is 3.88. The van der Waals surface area contributed by atoms with Crippen molar-refractivity contribution in [1.82, 2.24) is 25.2 Å². The normalized spacial score (nSPS) is 11.0. The number of thiophene rings is 1. The van der Waals surface area contributed by atoms with Gasteiger partial charge in [-0.2, -0.15) is 4.80 Å². The standard InChI is InChI=1S/C16H13N5S2/c1-11-4-6-12(7-5-11)15-18-20-21(19-15)9-13-10-23-16(17-13)14-3-2-8-22-14/h2-8,10H,9H2,1H3. The van der Waals surface area contributed by atoms with Crippen molar-refractivity contribution in [3.63, 3.8) is 0 Å². The van der Waals surface area contributed by atoms with Crippen LogP contribution in [0.5, 0.6) is 0 Å². The van der Waals surface area contributed by atoms with E-state index in [1.807, 2.05) is 35.7 Å². The molecule has 0 amide bonds. The fraction of sp³-hybridized carbons (Fsp3) is 0.125. The van der Waals surface area contributed by atoms with E-state index in [1.54, 1.807) is 27.5 Å². The molecule has 0 fully saturated rings. The summed E-state index contributed by atoms with van der Waals surface area (Å²) in [6.07, 6.45) is 0. The minimum absolute atomic E-state index is 0.529. The quantitative estimate of drug-likeness (QED) is 0.566. The van der Waals surface area contributed by atoms with Crippen LogP contribution in [0.1, 0.15) is 11.3 Å². The lowest BCUT2D eigenvalue weighted by Gasteiger charge is -1.96. The number of benzene rings is 1. The molecule has 0 aliphatic rings. The summed E-state index contributed by atoms with van der Waals surface area (Å²) < 4.78 is 0. The fourth-order valence-corrected chi connectivity index (χ4v) is 3.79. The Labute approximate surface area is 141 Å². The Morgan fingerprint density at radius 3 is 2.74 bits per heavy atom. The highest BCUT2D eigenvalue weighted by atomic mass is 32.1. The van der Waals surface area contributed by atoms with Crippen LogP contribution in [0.3, 0.4) is 0 Å². The molecule has 5 nitrogen and oxygen atoms in total. The van der Waals surface area contributed by atoms with Gasteiger partial charge >= 0.3 is 0 Å². The first-order chi connectivity index (χ1) is 11.3. The van der Waals surface area contributed by atoms with Crippen molar-refractivity contribution in [2.45, 2.75) is 13.5 Å². The monoisotopic (exact) mass is 339 g/mol. The molecule has 4 aromatic rings. The Kier molecular flexibility index (Phi) is 3.72. The lowest BCUT2D eigenvalue weighted by molar-refractivity contribution is 0.566. The van der Waals surface area contributed by atoms with Crippen LogP contribution >= 0.6 is 22.7 Å². The summed E-state index contributed by atoms with van der Waals surface area (Å²) in [5.41, 5.74) is 3.13. The van der Waals surface area contributed by atoms with Gasteiger partial charge in [-0.1, -0.05) is 35.9 Å². The Hall–Kier alpha value is -2.38. The maximum Gasteiger partial charge on any atom is 0.204 e. The van der Waals surface area contributed by atoms with Crippen LogP contribution in [0.25, 0.3) is 21.3 Å². The molecule has 0 N–H and O–H groups in total. The Bertz CT molecular complexity index is 906. The van der Waals surface area contributed by atoms with Gasteiger partial charge in [0.05, 0.1) is 10.6 Å². The largest absolute Gasteiger partial charge is 0.238 e. The highest BCUT2D eigenvalue weighted by Crippen LogP contribution is 2.27. The number of hydrogen-bond acceptors (Lipinski definition) is 6. The summed E-state index contributed by atoms with van der Waals surface area (Å²) in [4.78, 5) is 7.42. The van der Waals surface area contributed by atoms with Crippen LogP contribution < -0.4 is 0 Å². The molecule has 0 radical (unpaired) electrons. The third-order valence-electron chi connectivity index (χ3n) is 3.35. The molecule has 23 heavy (non-hydrogen) atoms. The molecule has 3 heterocycles. The van der Waals surface area contributed by atoms with Gasteiger partial charge in [-0.05, 0) is 23.6 Å². The summed E-state index contributed by atoms with van der Waals surface area (Å²) in [5, 5.41) is 17.8. The van der Waals surface area contributed by atoms with E-state index < -0.39 is 0 Å². The Morgan fingerprint density at radius 2 is 1.96 bits per heavy atom. The Balaban J connectivity index is 1.53. The summed E-state index contributed by atoms with van der Waals surface area (Å²) >= 11 is 3.34. The van der Waals surface area contributed by atoms with Gasteiger partial charge < -0.3 is 0 Å². The first-order valence-corrected chi connectivity index (χ1v) is 8.87. The van der Waals surface area contributed by atoms with E-state index in [0.717, 1.165) is 16.3 Å². The molecule has 0 saturated heterocycles. The second-order valence-corrected chi connectivity index (χ2v) is 6.94. The number of aromatic nitrogens is 5. The van der Waals surface area contributed by atoms with Crippen LogP contribution in [0, 0.1) is 6.92 Å². The van der Waals surface area contributed by atoms with Crippen molar-refractivity contribution < 1.29 is 0 Å². The zero-order chi connectivity index (χ0) is 15.6. The second kappa shape index (κ2) is 6.02. The van der Waals surface area contributed by atoms with Crippen LogP contribution in [-0.2, 0) is 6.54 Å². The van der Waals surface area contributed by atoms with Gasteiger partial charge in [0, 0.05) is 10.9 Å². The van der Waals surface area contributed by atoms with E-state index in [-0.39, 0.29) is 0 Å². The number of aryl methyl sites for hydroxylation is 1. The van der Waals surface area contributed by atoms with E-state index in [2.05, 4.69) is 38.8 Å². The number of hydrogen-bond donors (Lipinski definition) is 0. The van der Waals surface area contributed by atoms with Crippen molar-refractivity contribution in [3.8, 4) is 21.3 Å². The molecule has 0 saturated carbocycles. The minimum Gasteiger partial charge on any atom is -0.238 e. The van der Waals surface area contributed by atoms with Crippen molar-refractivity contribution in [1.29, 1.82) is 0 Å². The van der Waals surface area contributed by atoms with Crippen molar-refractivity contribution in [3.05, 3.63) is 58.4 Å². The SMILES string of the molecule is Cc1ccc(-c2nnn(Cc3csc(-c4cccs4)n3)n2)cc1. The average molecular weight is 339 g/mol. The molecular formula is C16H13N5S2. The van der Waals surface area contributed by atoms with Gasteiger partial charge in [0.25, 0.3) is 0 Å². The van der Waals surface area contributed by atoms with Crippen molar-refractivity contribution in [2.75, 3.05) is 0 Å². The molecule has 4 rings (SSSR count). The van der Waals surface area contributed by atoms with Gasteiger partial charge in [-0.25, -0.2) is 4.98 Å². The molecule has 0 aliphatic heterocycles. The van der Waals surface area contributed by atoms with Crippen LogP contribution in [0.2, 0.25) is 0 Å². The lowest BCUT2D eigenvalue weighted by Crippen LogP contribution is -2.04. The van der Waals surface area contributed by atoms with Crippen LogP contribution in [0.15, 0.2) is 47.2 Å². The molecule has 114 valence electrons. The van der Waals surface area contributed by atoms with Crippen molar-refractivity contribution in [2.24, 2.45) is 0 Å². The maximum absolute atomic E-state index is 4.64. The van der Waals surface area contributed by atoms with E-state index >= 15 is 0 Å². The number of tetrazole rings is 1. The second-order valence-electron chi connectivity index (χ2n) is 5.13. The molecule has 3 aromatic heterocycles. The molecule has 0 atom stereocenters. The van der Waals surface area contributed by atoms with Gasteiger partial charge in [0.2, 0.25) is 5.82 Å². The Morgan fingerprint density at radius 1 is 1.09 bits per heavy atom. The van der Waals surface area contributed by atoms with E-state index in [4.69, 9.17) is 0 Å². The van der Waals surface area contributed by atoms with Crippen LogP contribution in [0.4, 0.5) is 0 Å². The molecule has 0 bridgehead atoms. The van der Waals surface area contributed by atoms with Crippen molar-refractivity contribution >= 4 is 22.7 Å². The molecule has 1 aromatic carbocycles. The zero-order valence-corrected chi connectivity index (χ0v) is 14.0. The summed E-state index contributed by atoms with van der Waals surface area (Å²) in [7, 11) is 0. The molecule has 0 unspecified atom stereocenters.